The summed E-state index contributed by atoms with van der Waals surface area (Å²) in [5, 5.41) is 0. The standard InChI is InChI=1S/C22H28N4O3/c1-21(2,3)20-24-16-14(17(27)25-20)8-10-22(16)9-6-12-26(13-22)19(28)15-7-5-11-23-18(15)29-4/h5,7,11H,6,8-10,12-13H2,1-4H3,(H,24,25,27). The Labute approximate surface area is 170 Å². The minimum atomic E-state index is -0.257. The van der Waals surface area contributed by atoms with Crippen molar-refractivity contribution in [1.82, 2.24) is 19.9 Å². The van der Waals surface area contributed by atoms with Crippen LogP contribution in [-0.2, 0) is 17.3 Å². The Bertz CT molecular complexity index is 1010. The van der Waals surface area contributed by atoms with E-state index in [-0.39, 0.29) is 22.3 Å². The number of H-pyrrole nitrogens is 1. The summed E-state index contributed by atoms with van der Waals surface area (Å²) in [4.78, 5) is 39.9. The highest BCUT2D eigenvalue weighted by Crippen LogP contribution is 2.43. The third-order valence-electron chi connectivity index (χ3n) is 6.14. The maximum absolute atomic E-state index is 13.2. The van der Waals surface area contributed by atoms with Gasteiger partial charge in [-0.3, -0.25) is 9.59 Å². The van der Waals surface area contributed by atoms with E-state index in [0.717, 1.165) is 30.5 Å². The van der Waals surface area contributed by atoms with Gasteiger partial charge >= 0.3 is 0 Å². The third-order valence-corrected chi connectivity index (χ3v) is 6.14. The maximum Gasteiger partial charge on any atom is 0.259 e. The number of carbonyl (C=O) groups excluding carboxylic acids is 1. The lowest BCUT2D eigenvalue weighted by molar-refractivity contribution is 0.0629. The van der Waals surface area contributed by atoms with Crippen LogP contribution in [0, 0.1) is 0 Å². The van der Waals surface area contributed by atoms with Crippen molar-refractivity contribution in [1.29, 1.82) is 0 Å². The molecule has 1 atom stereocenters. The fourth-order valence-electron chi connectivity index (χ4n) is 4.60. The first-order chi connectivity index (χ1) is 13.7. The highest BCUT2D eigenvalue weighted by molar-refractivity contribution is 5.96. The van der Waals surface area contributed by atoms with Gasteiger partial charge in [-0.2, -0.15) is 0 Å². The number of carbonyl (C=O) groups is 1. The maximum atomic E-state index is 13.2. The van der Waals surface area contributed by atoms with E-state index in [1.54, 1.807) is 18.3 Å². The Morgan fingerprint density at radius 3 is 2.83 bits per heavy atom. The van der Waals surface area contributed by atoms with E-state index in [9.17, 15) is 9.59 Å². The fourth-order valence-corrected chi connectivity index (χ4v) is 4.60. The number of aromatic amines is 1. The molecule has 0 aromatic carbocycles. The first kappa shape index (κ1) is 19.6. The number of fused-ring (bicyclic) bond motifs is 2. The van der Waals surface area contributed by atoms with Gasteiger partial charge in [0.15, 0.2) is 0 Å². The zero-order chi connectivity index (χ0) is 20.8. The number of piperidine rings is 1. The highest BCUT2D eigenvalue weighted by Gasteiger charge is 2.46. The molecule has 1 fully saturated rings. The van der Waals surface area contributed by atoms with Crippen molar-refractivity contribution in [3.63, 3.8) is 0 Å². The average Bonchev–Trinajstić information content (AvgIpc) is 3.05. The molecule has 1 N–H and O–H groups in total. The van der Waals surface area contributed by atoms with Crippen molar-refractivity contribution in [3.8, 4) is 5.88 Å². The number of nitrogens with zero attached hydrogens (tertiary/aromatic N) is 3. The van der Waals surface area contributed by atoms with E-state index in [2.05, 4.69) is 9.97 Å². The van der Waals surface area contributed by atoms with Gasteiger partial charge in [0.05, 0.1) is 12.8 Å². The van der Waals surface area contributed by atoms with Crippen molar-refractivity contribution in [3.05, 3.63) is 51.3 Å². The van der Waals surface area contributed by atoms with Crippen LogP contribution in [0.2, 0.25) is 0 Å². The molecule has 1 unspecified atom stereocenters. The molecular formula is C22H28N4O3. The second-order valence-corrected chi connectivity index (χ2v) is 9.16. The van der Waals surface area contributed by atoms with E-state index >= 15 is 0 Å². The van der Waals surface area contributed by atoms with E-state index in [4.69, 9.17) is 9.72 Å². The molecule has 29 heavy (non-hydrogen) atoms. The van der Waals surface area contributed by atoms with Crippen LogP contribution in [0.1, 0.15) is 67.5 Å². The van der Waals surface area contributed by atoms with Crippen LogP contribution in [0.4, 0.5) is 0 Å². The van der Waals surface area contributed by atoms with Crippen LogP contribution in [0.25, 0.3) is 0 Å². The predicted molar refractivity (Wildman–Crippen MR) is 109 cm³/mol. The number of hydrogen-bond donors (Lipinski definition) is 1. The minimum Gasteiger partial charge on any atom is -0.480 e. The summed E-state index contributed by atoms with van der Waals surface area (Å²) >= 11 is 0. The van der Waals surface area contributed by atoms with Gasteiger partial charge in [0, 0.05) is 35.7 Å². The molecule has 2 aliphatic rings. The molecule has 1 spiro atoms. The number of aromatic nitrogens is 3. The molecule has 0 bridgehead atoms. The van der Waals surface area contributed by atoms with Crippen LogP contribution < -0.4 is 10.3 Å². The summed E-state index contributed by atoms with van der Waals surface area (Å²) in [5.41, 5.74) is 1.61. The number of rotatable bonds is 2. The predicted octanol–water partition coefficient (Wildman–Crippen LogP) is 2.59. The number of ether oxygens (including phenoxy) is 1. The van der Waals surface area contributed by atoms with Crippen LogP contribution >= 0.6 is 0 Å². The van der Waals surface area contributed by atoms with Gasteiger partial charge in [0.25, 0.3) is 11.5 Å². The molecule has 3 heterocycles. The van der Waals surface area contributed by atoms with Gasteiger partial charge in [0.2, 0.25) is 5.88 Å². The third kappa shape index (κ3) is 3.32. The minimum absolute atomic E-state index is 0.0332. The molecular weight excluding hydrogens is 368 g/mol. The van der Waals surface area contributed by atoms with Gasteiger partial charge < -0.3 is 14.6 Å². The van der Waals surface area contributed by atoms with Crippen LogP contribution in [0.3, 0.4) is 0 Å². The van der Waals surface area contributed by atoms with E-state index in [1.807, 2.05) is 25.7 Å². The number of hydrogen-bond acceptors (Lipinski definition) is 5. The zero-order valence-corrected chi connectivity index (χ0v) is 17.5. The molecule has 1 saturated heterocycles. The van der Waals surface area contributed by atoms with Gasteiger partial charge in [-0.1, -0.05) is 20.8 Å². The van der Waals surface area contributed by atoms with Gasteiger partial charge in [-0.05, 0) is 37.8 Å². The first-order valence-corrected chi connectivity index (χ1v) is 10.2. The van der Waals surface area contributed by atoms with Crippen LogP contribution in [0.15, 0.2) is 23.1 Å². The Morgan fingerprint density at radius 1 is 1.31 bits per heavy atom. The van der Waals surface area contributed by atoms with Crippen molar-refractivity contribution >= 4 is 5.91 Å². The molecule has 1 amide bonds. The molecule has 7 heteroatoms. The molecule has 2 aromatic rings. The Morgan fingerprint density at radius 2 is 2.10 bits per heavy atom. The summed E-state index contributed by atoms with van der Waals surface area (Å²) in [5.74, 6) is 0.969. The fraction of sp³-hybridized carbons (Fsp3) is 0.545. The topological polar surface area (TPSA) is 88.2 Å². The van der Waals surface area contributed by atoms with Gasteiger partial charge in [-0.25, -0.2) is 9.97 Å². The molecule has 4 rings (SSSR count). The number of likely N-dealkylation sites (tertiary alicyclic amines) is 1. The smallest absolute Gasteiger partial charge is 0.259 e. The lowest BCUT2D eigenvalue weighted by Gasteiger charge is -2.40. The van der Waals surface area contributed by atoms with Crippen molar-refractivity contribution in [2.45, 2.75) is 57.3 Å². The molecule has 2 aromatic heterocycles. The van der Waals surface area contributed by atoms with Crippen LogP contribution in [0.5, 0.6) is 5.88 Å². The highest BCUT2D eigenvalue weighted by atomic mass is 16.5. The lowest BCUT2D eigenvalue weighted by Crippen LogP contribution is -2.48. The SMILES string of the molecule is COc1ncccc1C(=O)N1CCCC2(CCc3c2nc(C(C)(C)C)[nH]c3=O)C1. The van der Waals surface area contributed by atoms with Crippen molar-refractivity contribution in [2.24, 2.45) is 0 Å². The van der Waals surface area contributed by atoms with Crippen molar-refractivity contribution < 1.29 is 9.53 Å². The Kier molecular flexibility index (Phi) is 4.71. The quantitative estimate of drug-likeness (QED) is 0.843. The second-order valence-electron chi connectivity index (χ2n) is 9.16. The Hall–Kier alpha value is -2.70. The summed E-state index contributed by atoms with van der Waals surface area (Å²) in [6.45, 7) is 7.39. The summed E-state index contributed by atoms with van der Waals surface area (Å²) in [6, 6.07) is 3.50. The number of methoxy groups -OCH3 is 1. The zero-order valence-electron chi connectivity index (χ0n) is 17.5. The van der Waals surface area contributed by atoms with E-state index in [1.165, 1.54) is 7.11 Å². The number of nitrogens with one attached hydrogen (secondary N) is 1. The van der Waals surface area contributed by atoms with Gasteiger partial charge in [0.1, 0.15) is 11.4 Å². The molecule has 1 aliphatic carbocycles. The lowest BCUT2D eigenvalue weighted by atomic mass is 9.77. The Balaban J connectivity index is 1.70. The second kappa shape index (κ2) is 6.97. The van der Waals surface area contributed by atoms with Crippen molar-refractivity contribution in [2.75, 3.05) is 20.2 Å². The molecule has 1 aliphatic heterocycles. The summed E-state index contributed by atoms with van der Waals surface area (Å²) in [7, 11) is 1.52. The number of amides is 1. The monoisotopic (exact) mass is 396 g/mol. The van der Waals surface area contributed by atoms with E-state index < -0.39 is 0 Å². The molecule has 154 valence electrons. The normalized spacial score (nSPS) is 21.3. The average molecular weight is 396 g/mol. The van der Waals surface area contributed by atoms with Gasteiger partial charge in [-0.15, -0.1) is 0 Å². The summed E-state index contributed by atoms with van der Waals surface area (Å²) < 4.78 is 5.28. The van der Waals surface area contributed by atoms with E-state index in [0.29, 0.717) is 36.8 Å². The van der Waals surface area contributed by atoms with Crippen LogP contribution in [-0.4, -0.2) is 46.0 Å². The molecule has 7 nitrogen and oxygen atoms in total. The largest absolute Gasteiger partial charge is 0.480 e. The number of pyridine rings is 1. The molecule has 0 saturated carbocycles. The molecule has 0 radical (unpaired) electrons. The summed E-state index contributed by atoms with van der Waals surface area (Å²) in [6.07, 6.45) is 4.99. The first-order valence-electron chi connectivity index (χ1n) is 10.2.